The molecule has 0 saturated heterocycles. The third-order valence-corrected chi connectivity index (χ3v) is 6.19. The zero-order valence-electron chi connectivity index (χ0n) is 19.0. The quantitative estimate of drug-likeness (QED) is 0.355. The van der Waals surface area contributed by atoms with Crippen LogP contribution in [0, 0.1) is 0 Å². The lowest BCUT2D eigenvalue weighted by atomic mass is 10.2. The van der Waals surface area contributed by atoms with Gasteiger partial charge in [-0.1, -0.05) is 23.4 Å². The first-order chi connectivity index (χ1) is 15.8. The third-order valence-electron chi connectivity index (χ3n) is 5.01. The summed E-state index contributed by atoms with van der Waals surface area (Å²) in [5.41, 5.74) is 1.91. The fraction of sp³-hybridized carbons (Fsp3) is 0.304. The van der Waals surface area contributed by atoms with Gasteiger partial charge in [-0.3, -0.25) is 9.36 Å². The number of quaternary nitrogens is 1. The Morgan fingerprint density at radius 3 is 2.39 bits per heavy atom. The summed E-state index contributed by atoms with van der Waals surface area (Å²) in [5.74, 6) is 0.364. The molecule has 174 valence electrons. The molecule has 3 aromatic rings. The van der Waals surface area contributed by atoms with Crippen LogP contribution in [0.3, 0.4) is 0 Å². The topological polar surface area (TPSA) is 90.5 Å². The van der Waals surface area contributed by atoms with Crippen molar-refractivity contribution >= 4 is 40.9 Å². The first-order valence-electron chi connectivity index (χ1n) is 10.5. The maximum Gasteiger partial charge on any atom is 0.338 e. The average Bonchev–Trinajstić information content (AvgIpc) is 3.22. The summed E-state index contributed by atoms with van der Waals surface area (Å²) in [6, 6.07) is 14.1. The Morgan fingerprint density at radius 2 is 1.79 bits per heavy atom. The molecule has 1 heterocycles. The number of benzene rings is 2. The minimum absolute atomic E-state index is 0.0919. The van der Waals surface area contributed by atoms with Crippen LogP contribution in [0.4, 0.5) is 5.69 Å². The standard InChI is InChI=1S/C23H26ClN5O3S/c1-5-32-22(31)16-6-10-18(11-7-16)25-20(30)14-33-23-27-26-21(15(2)28(3)4)29(23)19-12-8-17(24)9-13-19/h6-13,15H,5,14H2,1-4H3,(H,25,30)/p+1/t15-/m0/s1. The number of carbonyl (C=O) groups is 2. The van der Waals surface area contributed by atoms with Crippen molar-refractivity contribution in [2.45, 2.75) is 25.0 Å². The number of nitrogens with zero attached hydrogens (tertiary/aromatic N) is 3. The molecular formula is C23H27ClN5O3S+. The molecule has 0 unspecified atom stereocenters. The number of ether oxygens (including phenoxy) is 1. The van der Waals surface area contributed by atoms with Crippen LogP contribution in [-0.2, 0) is 9.53 Å². The van der Waals surface area contributed by atoms with Crippen LogP contribution in [0.5, 0.6) is 0 Å². The van der Waals surface area contributed by atoms with Crippen LogP contribution in [0.1, 0.15) is 36.1 Å². The number of rotatable bonds is 9. The summed E-state index contributed by atoms with van der Waals surface area (Å²) in [4.78, 5) is 25.5. The van der Waals surface area contributed by atoms with E-state index in [1.807, 2.05) is 28.8 Å². The van der Waals surface area contributed by atoms with E-state index in [9.17, 15) is 9.59 Å². The lowest BCUT2D eigenvalue weighted by Crippen LogP contribution is -3.05. The van der Waals surface area contributed by atoms with Crippen LogP contribution in [-0.4, -0.2) is 53.1 Å². The largest absolute Gasteiger partial charge is 0.462 e. The predicted octanol–water partition coefficient (Wildman–Crippen LogP) is 3.03. The second kappa shape index (κ2) is 11.3. The summed E-state index contributed by atoms with van der Waals surface area (Å²) < 4.78 is 6.93. The van der Waals surface area contributed by atoms with Gasteiger partial charge in [0, 0.05) is 16.4 Å². The molecule has 0 saturated carbocycles. The Kier molecular flexibility index (Phi) is 8.49. The van der Waals surface area contributed by atoms with Crippen molar-refractivity contribution in [2.75, 3.05) is 31.8 Å². The van der Waals surface area contributed by atoms with Crippen molar-refractivity contribution in [1.82, 2.24) is 14.8 Å². The molecule has 0 bridgehead atoms. The summed E-state index contributed by atoms with van der Waals surface area (Å²) in [6.45, 7) is 4.14. The SMILES string of the molecule is CCOC(=O)c1ccc(NC(=O)CSc2nnc([C@H](C)[NH+](C)C)n2-c2ccc(Cl)cc2)cc1. The summed E-state index contributed by atoms with van der Waals surface area (Å²) in [7, 11) is 4.11. The zero-order chi connectivity index (χ0) is 24.0. The molecular weight excluding hydrogens is 462 g/mol. The average molecular weight is 489 g/mol. The molecule has 0 aliphatic heterocycles. The van der Waals surface area contributed by atoms with Gasteiger partial charge in [0.25, 0.3) is 0 Å². The van der Waals surface area contributed by atoms with Crippen molar-refractivity contribution in [3.8, 4) is 5.69 Å². The molecule has 10 heteroatoms. The Bertz CT molecular complexity index is 1100. The van der Waals surface area contributed by atoms with E-state index in [0.29, 0.717) is 28.0 Å². The van der Waals surface area contributed by atoms with E-state index in [0.717, 1.165) is 11.5 Å². The minimum atomic E-state index is -0.392. The van der Waals surface area contributed by atoms with E-state index in [2.05, 4.69) is 36.5 Å². The van der Waals surface area contributed by atoms with Crippen LogP contribution < -0.4 is 10.2 Å². The highest BCUT2D eigenvalue weighted by atomic mass is 35.5. The molecule has 2 N–H and O–H groups in total. The molecule has 2 aromatic carbocycles. The highest BCUT2D eigenvalue weighted by Crippen LogP contribution is 2.25. The maximum absolute atomic E-state index is 12.5. The van der Waals surface area contributed by atoms with Crippen LogP contribution in [0.15, 0.2) is 53.7 Å². The molecule has 8 nitrogen and oxygen atoms in total. The van der Waals surface area contributed by atoms with Gasteiger partial charge in [0.2, 0.25) is 5.91 Å². The van der Waals surface area contributed by atoms with Gasteiger partial charge < -0.3 is 15.0 Å². The normalized spacial score (nSPS) is 11.9. The number of hydrogen-bond acceptors (Lipinski definition) is 6. The maximum atomic E-state index is 12.5. The number of hydrogen-bond donors (Lipinski definition) is 2. The zero-order valence-corrected chi connectivity index (χ0v) is 20.5. The smallest absolute Gasteiger partial charge is 0.338 e. The van der Waals surface area contributed by atoms with Gasteiger partial charge in [0.15, 0.2) is 11.0 Å². The number of halogens is 1. The Balaban J connectivity index is 1.72. The lowest BCUT2D eigenvalue weighted by molar-refractivity contribution is -0.890. The van der Waals surface area contributed by atoms with Crippen molar-refractivity contribution in [3.63, 3.8) is 0 Å². The number of amides is 1. The van der Waals surface area contributed by atoms with E-state index >= 15 is 0 Å². The summed E-state index contributed by atoms with van der Waals surface area (Å²) in [6.07, 6.45) is 0. The second-order valence-electron chi connectivity index (χ2n) is 7.59. The van der Waals surface area contributed by atoms with Crippen molar-refractivity contribution in [1.29, 1.82) is 0 Å². The van der Waals surface area contributed by atoms with Gasteiger partial charge in [-0.15, -0.1) is 10.2 Å². The minimum Gasteiger partial charge on any atom is -0.462 e. The van der Waals surface area contributed by atoms with Gasteiger partial charge in [-0.05, 0) is 62.4 Å². The molecule has 0 spiro atoms. The van der Waals surface area contributed by atoms with Gasteiger partial charge >= 0.3 is 5.97 Å². The van der Waals surface area contributed by atoms with Crippen LogP contribution >= 0.6 is 23.4 Å². The molecule has 1 atom stereocenters. The predicted molar refractivity (Wildman–Crippen MR) is 129 cm³/mol. The van der Waals surface area contributed by atoms with E-state index in [-0.39, 0.29) is 17.7 Å². The van der Waals surface area contributed by atoms with Gasteiger partial charge in [-0.25, -0.2) is 4.79 Å². The third kappa shape index (κ3) is 6.34. The molecule has 33 heavy (non-hydrogen) atoms. The Hall–Kier alpha value is -2.88. The monoisotopic (exact) mass is 488 g/mol. The van der Waals surface area contributed by atoms with Crippen molar-refractivity contribution in [2.24, 2.45) is 0 Å². The van der Waals surface area contributed by atoms with Gasteiger partial charge in [0.1, 0.15) is 6.04 Å². The first kappa shape index (κ1) is 24.8. The highest BCUT2D eigenvalue weighted by Gasteiger charge is 2.24. The van der Waals surface area contributed by atoms with E-state index < -0.39 is 5.97 Å². The number of esters is 1. The van der Waals surface area contributed by atoms with Gasteiger partial charge in [-0.2, -0.15) is 0 Å². The molecule has 0 fully saturated rings. The molecule has 1 aromatic heterocycles. The van der Waals surface area contributed by atoms with E-state index in [4.69, 9.17) is 16.3 Å². The molecule has 3 rings (SSSR count). The Morgan fingerprint density at radius 1 is 1.12 bits per heavy atom. The number of thioether (sulfide) groups is 1. The summed E-state index contributed by atoms with van der Waals surface area (Å²) in [5, 5.41) is 12.8. The van der Waals surface area contributed by atoms with Crippen LogP contribution in [0.25, 0.3) is 5.69 Å². The van der Waals surface area contributed by atoms with Gasteiger partial charge in [0.05, 0.1) is 32.0 Å². The molecule has 0 radical (unpaired) electrons. The fourth-order valence-electron chi connectivity index (χ4n) is 2.98. The number of carbonyl (C=O) groups excluding carboxylic acids is 2. The fourth-order valence-corrected chi connectivity index (χ4v) is 3.86. The number of nitrogens with one attached hydrogen (secondary N) is 2. The second-order valence-corrected chi connectivity index (χ2v) is 8.97. The molecule has 0 aliphatic carbocycles. The number of anilines is 1. The Labute approximate surface area is 202 Å². The van der Waals surface area contributed by atoms with E-state index in [1.54, 1.807) is 31.2 Å². The lowest BCUT2D eigenvalue weighted by Gasteiger charge is -2.18. The highest BCUT2D eigenvalue weighted by molar-refractivity contribution is 7.99. The van der Waals surface area contributed by atoms with Crippen molar-refractivity contribution < 1.29 is 19.2 Å². The molecule has 1 amide bonds. The van der Waals surface area contributed by atoms with E-state index in [1.165, 1.54) is 16.7 Å². The molecule has 0 aliphatic rings. The van der Waals surface area contributed by atoms with Crippen LogP contribution in [0.2, 0.25) is 5.02 Å². The first-order valence-corrected chi connectivity index (χ1v) is 11.9. The number of aromatic nitrogens is 3. The summed E-state index contributed by atoms with van der Waals surface area (Å²) >= 11 is 7.36. The van der Waals surface area contributed by atoms with Crippen molar-refractivity contribution in [3.05, 3.63) is 64.9 Å².